The Balaban J connectivity index is 1.86. The number of anilines is 1. The summed E-state index contributed by atoms with van der Waals surface area (Å²) in [4.78, 5) is 14.2. The Bertz CT molecular complexity index is 644. The van der Waals surface area contributed by atoms with Crippen LogP contribution in [-0.4, -0.2) is 33.7 Å². The fourth-order valence-electron chi connectivity index (χ4n) is 2.55. The number of carbonyl (C=O) groups excluding carboxylic acids is 1. The standard InChI is InChI=1S/C15H17FN4O/c16-11-4-6-12(7-5-11)20-14(17)10-13(18-20)15(21)19-8-2-1-3-9-19/h4-7,10H,1-3,8-9,17H2. The van der Waals surface area contributed by atoms with E-state index in [0.717, 1.165) is 32.4 Å². The molecule has 1 amide bonds. The first-order valence-corrected chi connectivity index (χ1v) is 7.06. The molecule has 0 unspecified atom stereocenters. The van der Waals surface area contributed by atoms with Gasteiger partial charge in [0.2, 0.25) is 0 Å². The normalized spacial score (nSPS) is 15.2. The van der Waals surface area contributed by atoms with Crippen LogP contribution in [0.2, 0.25) is 0 Å². The van der Waals surface area contributed by atoms with E-state index < -0.39 is 0 Å². The fourth-order valence-corrected chi connectivity index (χ4v) is 2.55. The summed E-state index contributed by atoms with van der Waals surface area (Å²) in [5, 5.41) is 4.26. The molecule has 0 spiro atoms. The monoisotopic (exact) mass is 288 g/mol. The highest BCUT2D eigenvalue weighted by Crippen LogP contribution is 2.18. The van der Waals surface area contributed by atoms with Crippen LogP contribution in [0.1, 0.15) is 29.8 Å². The number of piperidine rings is 1. The molecule has 0 saturated carbocycles. The highest BCUT2D eigenvalue weighted by molar-refractivity contribution is 5.93. The largest absolute Gasteiger partial charge is 0.384 e. The maximum Gasteiger partial charge on any atom is 0.274 e. The molecule has 5 nitrogen and oxygen atoms in total. The van der Waals surface area contributed by atoms with E-state index in [1.54, 1.807) is 23.1 Å². The van der Waals surface area contributed by atoms with Gasteiger partial charge < -0.3 is 10.6 Å². The van der Waals surface area contributed by atoms with Crippen molar-refractivity contribution in [2.75, 3.05) is 18.8 Å². The van der Waals surface area contributed by atoms with Crippen LogP contribution in [0.5, 0.6) is 0 Å². The van der Waals surface area contributed by atoms with E-state index in [9.17, 15) is 9.18 Å². The lowest BCUT2D eigenvalue weighted by Crippen LogP contribution is -2.35. The molecule has 0 atom stereocenters. The summed E-state index contributed by atoms with van der Waals surface area (Å²) < 4.78 is 14.4. The third-order valence-electron chi connectivity index (χ3n) is 3.67. The van der Waals surface area contributed by atoms with E-state index in [1.165, 1.54) is 16.8 Å². The van der Waals surface area contributed by atoms with Crippen LogP contribution in [0.15, 0.2) is 30.3 Å². The van der Waals surface area contributed by atoms with Crippen LogP contribution < -0.4 is 5.73 Å². The van der Waals surface area contributed by atoms with Crippen molar-refractivity contribution >= 4 is 11.7 Å². The zero-order valence-corrected chi connectivity index (χ0v) is 11.6. The lowest BCUT2D eigenvalue weighted by Gasteiger charge is -2.25. The Labute approximate surface area is 122 Å². The van der Waals surface area contributed by atoms with Crippen LogP contribution >= 0.6 is 0 Å². The minimum Gasteiger partial charge on any atom is -0.384 e. The number of aromatic nitrogens is 2. The van der Waals surface area contributed by atoms with E-state index in [1.807, 2.05) is 0 Å². The molecule has 0 aliphatic carbocycles. The zero-order chi connectivity index (χ0) is 14.8. The second-order valence-corrected chi connectivity index (χ2v) is 5.20. The molecule has 3 rings (SSSR count). The van der Waals surface area contributed by atoms with Gasteiger partial charge in [0.05, 0.1) is 5.69 Å². The van der Waals surface area contributed by atoms with Crippen LogP contribution in [0.3, 0.4) is 0 Å². The summed E-state index contributed by atoms with van der Waals surface area (Å²) in [6, 6.07) is 7.40. The van der Waals surface area contributed by atoms with Crippen LogP contribution in [-0.2, 0) is 0 Å². The minimum absolute atomic E-state index is 0.0951. The lowest BCUT2D eigenvalue weighted by atomic mass is 10.1. The van der Waals surface area contributed by atoms with Crippen LogP contribution in [0.25, 0.3) is 5.69 Å². The summed E-state index contributed by atoms with van der Waals surface area (Å²) in [7, 11) is 0. The van der Waals surface area contributed by atoms with Gasteiger partial charge in [-0.3, -0.25) is 4.79 Å². The van der Waals surface area contributed by atoms with Crippen molar-refractivity contribution in [3.05, 3.63) is 41.8 Å². The molecule has 1 aromatic heterocycles. The van der Waals surface area contributed by atoms with Crippen molar-refractivity contribution in [3.8, 4) is 5.69 Å². The van der Waals surface area contributed by atoms with Crippen molar-refractivity contribution in [2.45, 2.75) is 19.3 Å². The van der Waals surface area contributed by atoms with E-state index in [4.69, 9.17) is 5.73 Å². The molecule has 1 fully saturated rings. The average molecular weight is 288 g/mol. The van der Waals surface area contributed by atoms with Crippen LogP contribution in [0, 0.1) is 5.82 Å². The number of rotatable bonds is 2. The minimum atomic E-state index is -0.325. The number of hydrogen-bond donors (Lipinski definition) is 1. The van der Waals surface area contributed by atoms with Gasteiger partial charge in [0.15, 0.2) is 5.69 Å². The Morgan fingerprint density at radius 2 is 1.81 bits per heavy atom. The van der Waals surface area contributed by atoms with Gasteiger partial charge in [0, 0.05) is 19.2 Å². The number of benzene rings is 1. The highest BCUT2D eigenvalue weighted by atomic mass is 19.1. The van der Waals surface area contributed by atoms with Gasteiger partial charge in [-0.1, -0.05) is 0 Å². The van der Waals surface area contributed by atoms with E-state index in [2.05, 4.69) is 5.10 Å². The molecule has 1 aliphatic rings. The van der Waals surface area contributed by atoms with Crippen LogP contribution in [0.4, 0.5) is 10.2 Å². The average Bonchev–Trinajstić information content (AvgIpc) is 2.90. The molecule has 21 heavy (non-hydrogen) atoms. The molecule has 1 saturated heterocycles. The summed E-state index contributed by atoms with van der Waals surface area (Å²) >= 11 is 0. The number of carbonyl (C=O) groups is 1. The molecule has 2 aromatic rings. The molecule has 1 aromatic carbocycles. The molecule has 0 bridgehead atoms. The maximum atomic E-state index is 13.0. The first kappa shape index (κ1) is 13.6. The Morgan fingerprint density at radius 1 is 1.14 bits per heavy atom. The third-order valence-corrected chi connectivity index (χ3v) is 3.67. The quantitative estimate of drug-likeness (QED) is 0.921. The van der Waals surface area contributed by atoms with Crippen molar-refractivity contribution in [3.63, 3.8) is 0 Å². The first-order chi connectivity index (χ1) is 10.1. The number of halogens is 1. The smallest absolute Gasteiger partial charge is 0.274 e. The Hall–Kier alpha value is -2.37. The maximum absolute atomic E-state index is 13.0. The molecule has 2 N–H and O–H groups in total. The zero-order valence-electron chi connectivity index (χ0n) is 11.6. The molecule has 0 radical (unpaired) electrons. The second-order valence-electron chi connectivity index (χ2n) is 5.20. The molecular formula is C15H17FN4O. The van der Waals surface area contributed by atoms with E-state index >= 15 is 0 Å². The summed E-state index contributed by atoms with van der Waals surface area (Å²) in [6.45, 7) is 1.53. The van der Waals surface area contributed by atoms with Gasteiger partial charge >= 0.3 is 0 Å². The summed E-state index contributed by atoms with van der Waals surface area (Å²) in [6.07, 6.45) is 3.22. The Kier molecular flexibility index (Phi) is 3.60. The number of hydrogen-bond acceptors (Lipinski definition) is 3. The lowest BCUT2D eigenvalue weighted by molar-refractivity contribution is 0.0718. The molecule has 110 valence electrons. The van der Waals surface area contributed by atoms with Crippen molar-refractivity contribution in [1.29, 1.82) is 0 Å². The SMILES string of the molecule is Nc1cc(C(=O)N2CCCCC2)nn1-c1ccc(F)cc1. The van der Waals surface area contributed by atoms with Gasteiger partial charge in [-0.05, 0) is 43.5 Å². The van der Waals surface area contributed by atoms with Crippen molar-refractivity contribution < 1.29 is 9.18 Å². The topological polar surface area (TPSA) is 64.2 Å². The molecule has 1 aliphatic heterocycles. The summed E-state index contributed by atoms with van der Waals surface area (Å²) in [5.74, 6) is -0.0571. The van der Waals surface area contributed by atoms with Crippen molar-refractivity contribution in [1.82, 2.24) is 14.7 Å². The van der Waals surface area contributed by atoms with Gasteiger partial charge in [-0.2, -0.15) is 5.10 Å². The number of nitrogens with zero attached hydrogens (tertiary/aromatic N) is 3. The van der Waals surface area contributed by atoms with Gasteiger partial charge in [0.25, 0.3) is 5.91 Å². The van der Waals surface area contributed by atoms with Gasteiger partial charge in [-0.15, -0.1) is 0 Å². The fraction of sp³-hybridized carbons (Fsp3) is 0.333. The van der Waals surface area contributed by atoms with E-state index in [0.29, 0.717) is 17.2 Å². The number of amides is 1. The van der Waals surface area contributed by atoms with Gasteiger partial charge in [0.1, 0.15) is 11.6 Å². The number of nitrogens with two attached hydrogens (primary N) is 1. The van der Waals surface area contributed by atoms with E-state index in [-0.39, 0.29) is 11.7 Å². The highest BCUT2D eigenvalue weighted by Gasteiger charge is 2.21. The Morgan fingerprint density at radius 3 is 2.48 bits per heavy atom. The first-order valence-electron chi connectivity index (χ1n) is 7.06. The molecule has 6 heteroatoms. The predicted octanol–water partition coefficient (Wildman–Crippen LogP) is 2.22. The predicted molar refractivity (Wildman–Crippen MR) is 77.7 cm³/mol. The number of nitrogen functional groups attached to an aromatic ring is 1. The summed E-state index contributed by atoms with van der Waals surface area (Å²) in [5.41, 5.74) is 6.88. The van der Waals surface area contributed by atoms with Gasteiger partial charge in [-0.25, -0.2) is 9.07 Å². The van der Waals surface area contributed by atoms with Crippen molar-refractivity contribution in [2.24, 2.45) is 0 Å². The molecule has 2 heterocycles. The second kappa shape index (κ2) is 5.55. The number of likely N-dealkylation sites (tertiary alicyclic amines) is 1. The third kappa shape index (κ3) is 2.74. The molecular weight excluding hydrogens is 271 g/mol.